The zero-order valence-electron chi connectivity index (χ0n) is 15.2. The first-order valence-electron chi connectivity index (χ1n) is 8.64. The number of hydrogen-bond acceptors (Lipinski definition) is 6. The van der Waals surface area contributed by atoms with E-state index in [1.807, 2.05) is 19.1 Å². The molecule has 2 aromatic carbocycles. The number of nitrogens with zero attached hydrogens (tertiary/aromatic N) is 1. The minimum atomic E-state index is -0.618. The molecule has 4 rings (SSSR count). The molecule has 2 heterocycles. The first-order valence-corrected chi connectivity index (χ1v) is 9.44. The number of carbonyl (C=O) groups excluding carboxylic acids is 2. The number of cyclic esters (lactones) is 1. The third kappa shape index (κ3) is 4.20. The first-order chi connectivity index (χ1) is 14.0. The second-order valence-corrected chi connectivity index (χ2v) is 7.17. The van der Waals surface area contributed by atoms with Gasteiger partial charge in [-0.1, -0.05) is 33.6 Å². The fourth-order valence-electron chi connectivity index (χ4n) is 2.64. The van der Waals surface area contributed by atoms with Gasteiger partial charge in [-0.25, -0.2) is 14.6 Å². The van der Waals surface area contributed by atoms with Gasteiger partial charge < -0.3 is 13.9 Å². The van der Waals surface area contributed by atoms with E-state index in [0.717, 1.165) is 10.0 Å². The molecule has 0 radical (unpaired) electrons. The molecular formula is C22H14BrNO5. The van der Waals surface area contributed by atoms with Gasteiger partial charge in [0.25, 0.3) is 5.90 Å². The van der Waals surface area contributed by atoms with Crippen LogP contribution in [0.4, 0.5) is 0 Å². The maximum atomic E-state index is 12.5. The van der Waals surface area contributed by atoms with Gasteiger partial charge >= 0.3 is 11.9 Å². The van der Waals surface area contributed by atoms with Gasteiger partial charge in [0.1, 0.15) is 5.75 Å². The van der Waals surface area contributed by atoms with E-state index in [1.54, 1.807) is 42.5 Å². The lowest BCUT2D eigenvalue weighted by atomic mass is 10.1. The summed E-state index contributed by atoms with van der Waals surface area (Å²) in [6, 6.07) is 15.5. The molecule has 0 N–H and O–H groups in total. The maximum absolute atomic E-state index is 12.5. The van der Waals surface area contributed by atoms with Crippen LogP contribution in [0.15, 0.2) is 80.4 Å². The number of furan rings is 1. The molecule has 0 unspecified atom stereocenters. The van der Waals surface area contributed by atoms with E-state index < -0.39 is 11.9 Å². The number of benzene rings is 2. The van der Waals surface area contributed by atoms with Crippen LogP contribution in [-0.4, -0.2) is 17.8 Å². The lowest BCUT2D eigenvalue weighted by molar-refractivity contribution is -0.130. The number of hydrogen-bond donors (Lipinski definition) is 0. The molecule has 3 aromatic rings. The van der Waals surface area contributed by atoms with Crippen molar-refractivity contribution in [2.75, 3.05) is 0 Å². The largest absolute Gasteiger partial charge is 0.459 e. The molecule has 0 amide bonds. The Balaban J connectivity index is 1.65. The highest BCUT2D eigenvalue weighted by Gasteiger charge is 2.26. The highest BCUT2D eigenvalue weighted by Crippen LogP contribution is 2.28. The average molecular weight is 452 g/mol. The van der Waals surface area contributed by atoms with Gasteiger partial charge in [-0.15, -0.1) is 0 Å². The Kier molecular flexibility index (Phi) is 5.14. The summed E-state index contributed by atoms with van der Waals surface area (Å²) >= 11 is 3.39. The van der Waals surface area contributed by atoms with Crippen molar-refractivity contribution in [3.05, 3.63) is 93.5 Å². The van der Waals surface area contributed by atoms with Crippen LogP contribution in [0, 0.1) is 6.92 Å². The van der Waals surface area contributed by atoms with Gasteiger partial charge in [0, 0.05) is 10.0 Å². The van der Waals surface area contributed by atoms with Gasteiger partial charge in [0.05, 0.1) is 11.8 Å². The number of aryl methyl sites for hydroxylation is 1. The number of aliphatic imine (C=N–C) groups is 1. The van der Waals surface area contributed by atoms with Crippen molar-refractivity contribution < 1.29 is 23.5 Å². The van der Waals surface area contributed by atoms with Gasteiger partial charge in [0.2, 0.25) is 0 Å². The molecule has 1 aliphatic heterocycles. The van der Waals surface area contributed by atoms with Crippen molar-refractivity contribution in [2.24, 2.45) is 4.99 Å². The van der Waals surface area contributed by atoms with Crippen LogP contribution in [-0.2, 0) is 9.53 Å². The standard InChI is InChI=1S/C22H14BrNO5/c1-13-4-6-14(7-5-13)21(25)28-18-9-8-16(23)11-15(18)12-17-22(26)29-20(24-17)19-3-2-10-27-19/h2-12H,1H3/b17-12+. The lowest BCUT2D eigenvalue weighted by Crippen LogP contribution is -2.09. The molecule has 1 aromatic heterocycles. The summed E-state index contributed by atoms with van der Waals surface area (Å²) in [5.41, 5.74) is 2.04. The molecule has 0 spiro atoms. The Morgan fingerprint density at radius 2 is 1.93 bits per heavy atom. The van der Waals surface area contributed by atoms with E-state index in [9.17, 15) is 9.59 Å². The number of carbonyl (C=O) groups is 2. The summed E-state index contributed by atoms with van der Waals surface area (Å²) in [7, 11) is 0. The fraction of sp³-hybridized carbons (Fsp3) is 0.0455. The summed E-state index contributed by atoms with van der Waals surface area (Å²) in [5, 5.41) is 0. The van der Waals surface area contributed by atoms with Crippen LogP contribution >= 0.6 is 15.9 Å². The van der Waals surface area contributed by atoms with E-state index >= 15 is 0 Å². The zero-order valence-corrected chi connectivity index (χ0v) is 16.8. The first kappa shape index (κ1) is 18.9. The van der Waals surface area contributed by atoms with E-state index in [1.165, 1.54) is 12.3 Å². The van der Waals surface area contributed by atoms with Crippen LogP contribution < -0.4 is 4.74 Å². The quantitative estimate of drug-likeness (QED) is 0.319. The molecule has 0 fully saturated rings. The Bertz CT molecular complexity index is 1140. The molecule has 0 aliphatic carbocycles. The number of ether oxygens (including phenoxy) is 2. The highest BCUT2D eigenvalue weighted by atomic mass is 79.9. The predicted molar refractivity (Wildman–Crippen MR) is 110 cm³/mol. The van der Waals surface area contributed by atoms with E-state index in [-0.39, 0.29) is 11.6 Å². The van der Waals surface area contributed by atoms with Crippen molar-refractivity contribution in [1.82, 2.24) is 0 Å². The SMILES string of the molecule is Cc1ccc(C(=O)Oc2ccc(Br)cc2/C=C2/N=C(c3ccco3)OC2=O)cc1. The number of halogens is 1. The van der Waals surface area contributed by atoms with Crippen LogP contribution in [0.2, 0.25) is 0 Å². The molecule has 1 aliphatic rings. The van der Waals surface area contributed by atoms with E-state index in [0.29, 0.717) is 22.6 Å². The predicted octanol–water partition coefficient (Wildman–Crippen LogP) is 4.91. The fourth-order valence-corrected chi connectivity index (χ4v) is 3.01. The lowest BCUT2D eigenvalue weighted by Gasteiger charge is -2.08. The van der Waals surface area contributed by atoms with E-state index in [2.05, 4.69) is 20.9 Å². The van der Waals surface area contributed by atoms with Crippen LogP contribution in [0.1, 0.15) is 27.2 Å². The van der Waals surface area contributed by atoms with Gasteiger partial charge in [0.15, 0.2) is 11.5 Å². The Labute approximate surface area is 174 Å². The summed E-state index contributed by atoms with van der Waals surface area (Å²) in [5.74, 6) is -0.393. The van der Waals surface area contributed by atoms with Crippen molar-refractivity contribution in [3.8, 4) is 5.75 Å². The molecule has 0 saturated carbocycles. The molecular weight excluding hydrogens is 438 g/mol. The maximum Gasteiger partial charge on any atom is 0.363 e. The summed E-state index contributed by atoms with van der Waals surface area (Å²) in [4.78, 5) is 28.9. The zero-order chi connectivity index (χ0) is 20.4. The summed E-state index contributed by atoms with van der Waals surface area (Å²) in [6.07, 6.45) is 2.96. The van der Waals surface area contributed by atoms with E-state index in [4.69, 9.17) is 13.9 Å². The number of rotatable bonds is 4. The molecule has 0 atom stereocenters. The molecule has 0 saturated heterocycles. The second kappa shape index (κ2) is 7.89. The van der Waals surface area contributed by atoms with Crippen LogP contribution in [0.3, 0.4) is 0 Å². The molecule has 144 valence electrons. The second-order valence-electron chi connectivity index (χ2n) is 6.25. The Hall–Kier alpha value is -3.45. The van der Waals surface area contributed by atoms with Crippen molar-refractivity contribution in [3.63, 3.8) is 0 Å². The van der Waals surface area contributed by atoms with Crippen molar-refractivity contribution in [2.45, 2.75) is 6.92 Å². The summed E-state index contributed by atoms with van der Waals surface area (Å²) in [6.45, 7) is 1.94. The molecule has 6 nitrogen and oxygen atoms in total. The average Bonchev–Trinajstić information content (AvgIpc) is 3.35. The third-order valence-electron chi connectivity index (χ3n) is 4.11. The van der Waals surface area contributed by atoms with Gasteiger partial charge in [-0.05, 0) is 55.5 Å². The topological polar surface area (TPSA) is 78.1 Å². The van der Waals surface area contributed by atoms with Crippen molar-refractivity contribution in [1.29, 1.82) is 0 Å². The van der Waals surface area contributed by atoms with Gasteiger partial charge in [-0.2, -0.15) is 0 Å². The monoisotopic (exact) mass is 451 g/mol. The van der Waals surface area contributed by atoms with Crippen LogP contribution in [0.5, 0.6) is 5.75 Å². The van der Waals surface area contributed by atoms with Gasteiger partial charge in [-0.3, -0.25) is 0 Å². The third-order valence-corrected chi connectivity index (χ3v) is 4.60. The minimum Gasteiger partial charge on any atom is -0.459 e. The van der Waals surface area contributed by atoms with Crippen LogP contribution in [0.25, 0.3) is 6.08 Å². The molecule has 29 heavy (non-hydrogen) atoms. The molecule has 7 heteroatoms. The Morgan fingerprint density at radius 3 is 2.66 bits per heavy atom. The number of esters is 2. The van der Waals surface area contributed by atoms with Crippen molar-refractivity contribution >= 4 is 39.8 Å². The minimum absolute atomic E-state index is 0.0714. The molecule has 0 bridgehead atoms. The normalized spacial score (nSPS) is 14.6. The Morgan fingerprint density at radius 1 is 1.14 bits per heavy atom. The summed E-state index contributed by atoms with van der Waals surface area (Å²) < 4.78 is 16.7. The highest BCUT2D eigenvalue weighted by molar-refractivity contribution is 9.10. The smallest absolute Gasteiger partial charge is 0.363 e.